The Morgan fingerprint density at radius 1 is 1.10 bits per heavy atom. The van der Waals surface area contributed by atoms with E-state index >= 15 is 0 Å². The Balaban J connectivity index is 2.65. The minimum absolute atomic E-state index is 0.486. The second kappa shape index (κ2) is 6.39. The molecule has 1 aromatic rings. The van der Waals surface area contributed by atoms with Crippen LogP contribution in [0.15, 0.2) is 16.9 Å². The lowest BCUT2D eigenvalue weighted by atomic mass is 10.3. The van der Waals surface area contributed by atoms with Crippen molar-refractivity contribution in [2.24, 2.45) is 0 Å². The van der Waals surface area contributed by atoms with E-state index < -0.39 is 8.07 Å². The van der Waals surface area contributed by atoms with E-state index in [4.69, 9.17) is 4.98 Å². The van der Waals surface area contributed by atoms with Crippen molar-refractivity contribution in [3.05, 3.63) is 28.3 Å². The Bertz CT molecular complexity index is 548. The van der Waals surface area contributed by atoms with Crippen LogP contribution >= 0.6 is 38.5 Å². The van der Waals surface area contributed by atoms with Crippen molar-refractivity contribution in [1.82, 2.24) is 9.97 Å². The number of halogens is 2. The molecule has 0 spiro atoms. The highest BCUT2D eigenvalue weighted by atomic mass is 127. The van der Waals surface area contributed by atoms with Crippen molar-refractivity contribution in [1.29, 1.82) is 0 Å². The molecule has 2 nitrogen and oxygen atoms in total. The summed E-state index contributed by atoms with van der Waals surface area (Å²) in [6, 6.07) is 0. The quantitative estimate of drug-likeness (QED) is 0.373. The fraction of sp³-hybridized carbons (Fsp3) is 0.625. The second-order valence-corrected chi connectivity index (χ2v) is 14.9. The molecule has 0 aromatic carbocycles. The van der Waals surface area contributed by atoms with Gasteiger partial charge in [-0.3, -0.25) is 4.98 Å². The summed E-state index contributed by atoms with van der Waals surface area (Å²) < 4.78 is 2.09. The van der Waals surface area contributed by atoms with E-state index in [1.807, 2.05) is 6.20 Å². The van der Waals surface area contributed by atoms with Gasteiger partial charge in [-0.15, -0.1) is 0 Å². The van der Waals surface area contributed by atoms with Crippen molar-refractivity contribution in [3.8, 4) is 0 Å². The SMILES string of the molecule is CC(C)[Si](C(C)C)(C(C)C)C1C=C(I)c2nc(Br)cnc21. The molecule has 1 heterocycles. The predicted molar refractivity (Wildman–Crippen MR) is 106 cm³/mol. The van der Waals surface area contributed by atoms with Gasteiger partial charge in [0.05, 0.1) is 25.7 Å². The average Bonchev–Trinajstić information content (AvgIpc) is 2.66. The van der Waals surface area contributed by atoms with Crippen molar-refractivity contribution >= 4 is 50.2 Å². The lowest BCUT2D eigenvalue weighted by Gasteiger charge is -2.47. The first-order chi connectivity index (χ1) is 9.72. The lowest BCUT2D eigenvalue weighted by Crippen LogP contribution is -2.49. The summed E-state index contributed by atoms with van der Waals surface area (Å²) in [6.45, 7) is 14.5. The monoisotopic (exact) mass is 478 g/mol. The molecule has 0 bridgehead atoms. The second-order valence-electron chi connectivity index (χ2n) is 6.88. The number of aromatic nitrogens is 2. The molecule has 1 aliphatic rings. The van der Waals surface area contributed by atoms with Gasteiger partial charge < -0.3 is 0 Å². The Morgan fingerprint density at radius 3 is 2.10 bits per heavy atom. The Labute approximate surface area is 151 Å². The van der Waals surface area contributed by atoms with Gasteiger partial charge in [-0.25, -0.2) is 4.98 Å². The van der Waals surface area contributed by atoms with Gasteiger partial charge in [-0.1, -0.05) is 47.6 Å². The summed E-state index contributed by atoms with van der Waals surface area (Å²) in [5, 5.41) is 0. The van der Waals surface area contributed by atoms with Crippen molar-refractivity contribution in [2.75, 3.05) is 0 Å². The third-order valence-electron chi connectivity index (χ3n) is 5.14. The highest BCUT2D eigenvalue weighted by Crippen LogP contribution is 2.54. The number of nitrogens with zero attached hydrogens (tertiary/aromatic N) is 2. The van der Waals surface area contributed by atoms with E-state index in [0.717, 1.165) is 26.9 Å². The summed E-state index contributed by atoms with van der Waals surface area (Å²) in [5.41, 5.74) is 4.96. The van der Waals surface area contributed by atoms with Gasteiger partial charge in [-0.2, -0.15) is 0 Å². The van der Waals surface area contributed by atoms with Crippen LogP contribution in [0.25, 0.3) is 3.58 Å². The summed E-state index contributed by atoms with van der Waals surface area (Å²) >= 11 is 5.88. The molecule has 0 N–H and O–H groups in total. The Morgan fingerprint density at radius 2 is 1.62 bits per heavy atom. The molecule has 5 heteroatoms. The van der Waals surface area contributed by atoms with Crippen LogP contribution in [-0.4, -0.2) is 18.0 Å². The van der Waals surface area contributed by atoms with Crippen molar-refractivity contribution in [3.63, 3.8) is 0 Å². The van der Waals surface area contributed by atoms with Gasteiger partial charge in [0.25, 0.3) is 0 Å². The maximum atomic E-state index is 4.77. The van der Waals surface area contributed by atoms with E-state index in [9.17, 15) is 0 Å². The minimum Gasteiger partial charge on any atom is -0.256 e. The predicted octanol–water partition coefficient (Wildman–Crippen LogP) is 6.33. The van der Waals surface area contributed by atoms with E-state index in [1.54, 1.807) is 0 Å². The van der Waals surface area contributed by atoms with Crippen LogP contribution in [-0.2, 0) is 0 Å². The topological polar surface area (TPSA) is 25.8 Å². The third kappa shape index (κ3) is 2.78. The average molecular weight is 479 g/mol. The molecule has 2 rings (SSSR count). The third-order valence-corrected chi connectivity index (χ3v) is 13.9. The first-order valence-corrected chi connectivity index (χ1v) is 11.8. The van der Waals surface area contributed by atoms with Crippen molar-refractivity contribution < 1.29 is 0 Å². The van der Waals surface area contributed by atoms with Crippen molar-refractivity contribution in [2.45, 2.75) is 63.7 Å². The zero-order valence-electron chi connectivity index (χ0n) is 13.6. The zero-order valence-corrected chi connectivity index (χ0v) is 18.4. The number of hydrogen-bond acceptors (Lipinski definition) is 2. The summed E-state index contributed by atoms with van der Waals surface area (Å²) in [5.74, 6) is 0. The normalized spacial score (nSPS) is 18.6. The zero-order chi connectivity index (χ0) is 15.9. The molecule has 0 fully saturated rings. The van der Waals surface area contributed by atoms with E-state index in [-0.39, 0.29) is 0 Å². The van der Waals surface area contributed by atoms with Gasteiger partial charge in [0, 0.05) is 9.12 Å². The highest BCUT2D eigenvalue weighted by Gasteiger charge is 2.51. The molecule has 1 unspecified atom stereocenters. The van der Waals surface area contributed by atoms with Gasteiger partial charge in [0.15, 0.2) is 0 Å². The fourth-order valence-electron chi connectivity index (χ4n) is 4.54. The summed E-state index contributed by atoms with van der Waals surface area (Å²) in [4.78, 5) is 9.45. The van der Waals surface area contributed by atoms with Crippen LogP contribution in [0.3, 0.4) is 0 Å². The molecule has 0 saturated heterocycles. The van der Waals surface area contributed by atoms with E-state index in [1.165, 1.54) is 9.27 Å². The molecule has 0 aliphatic heterocycles. The van der Waals surface area contributed by atoms with E-state index in [0.29, 0.717) is 5.54 Å². The molecule has 0 amide bonds. The number of fused-ring (bicyclic) bond motifs is 1. The van der Waals surface area contributed by atoms with Crippen LogP contribution in [0.4, 0.5) is 0 Å². The van der Waals surface area contributed by atoms with E-state index in [2.05, 4.69) is 91.1 Å². The number of rotatable bonds is 4. The molecule has 1 aliphatic carbocycles. The molecule has 21 heavy (non-hydrogen) atoms. The minimum atomic E-state index is -1.60. The van der Waals surface area contributed by atoms with Gasteiger partial charge >= 0.3 is 0 Å². The van der Waals surface area contributed by atoms with Crippen LogP contribution in [0.1, 0.15) is 58.5 Å². The molecule has 0 saturated carbocycles. The van der Waals surface area contributed by atoms with Crippen LogP contribution in [0, 0.1) is 0 Å². The maximum Gasteiger partial charge on any atom is 0.125 e. The smallest absolute Gasteiger partial charge is 0.125 e. The molecule has 116 valence electrons. The van der Waals surface area contributed by atoms with Crippen LogP contribution in [0.5, 0.6) is 0 Å². The highest BCUT2D eigenvalue weighted by molar-refractivity contribution is 14.1. The van der Waals surface area contributed by atoms with Crippen LogP contribution < -0.4 is 0 Å². The molecule has 1 aromatic heterocycles. The van der Waals surface area contributed by atoms with Gasteiger partial charge in [-0.05, 0) is 55.1 Å². The summed E-state index contributed by atoms with van der Waals surface area (Å²) in [6.07, 6.45) is 4.30. The maximum absolute atomic E-state index is 4.77. The fourth-order valence-corrected chi connectivity index (χ4v) is 13.2. The Kier molecular flexibility index (Phi) is 5.36. The summed E-state index contributed by atoms with van der Waals surface area (Å²) in [7, 11) is -1.60. The van der Waals surface area contributed by atoms with Gasteiger partial charge in [0.2, 0.25) is 0 Å². The van der Waals surface area contributed by atoms with Crippen LogP contribution in [0.2, 0.25) is 16.6 Å². The first-order valence-electron chi connectivity index (χ1n) is 7.63. The lowest BCUT2D eigenvalue weighted by molar-refractivity contribution is 0.768. The Hall–Kier alpha value is 0.247. The molecular weight excluding hydrogens is 455 g/mol. The number of hydrogen-bond donors (Lipinski definition) is 0. The molecular formula is C16H24BrIN2Si. The van der Waals surface area contributed by atoms with Gasteiger partial charge in [0.1, 0.15) is 4.60 Å². The molecule has 0 radical (unpaired) electrons. The standard InChI is InChI=1S/C16H24BrIN2Si/c1-9(2)21(10(3)4,11(5)6)13-7-12(18)15-16(13)19-8-14(17)20-15/h7-11,13H,1-6H3. The largest absolute Gasteiger partial charge is 0.256 e. The molecule has 1 atom stereocenters. The first kappa shape index (κ1) is 17.6. The number of allylic oxidation sites excluding steroid dienone is 1.